The van der Waals surface area contributed by atoms with Gasteiger partial charge in [-0.2, -0.15) is 0 Å². The normalized spacial score (nSPS) is 20.7. The summed E-state index contributed by atoms with van der Waals surface area (Å²) in [6.45, 7) is 0.978. The average Bonchev–Trinajstić information content (AvgIpc) is 2.71. The van der Waals surface area contributed by atoms with E-state index in [4.69, 9.17) is 16.7 Å². The molecule has 0 spiro atoms. The minimum atomic E-state index is -0.843. The van der Waals surface area contributed by atoms with Crippen LogP contribution in [0.15, 0.2) is 18.2 Å². The fourth-order valence-corrected chi connectivity index (χ4v) is 2.37. The minimum absolute atomic E-state index is 0.295. The smallest absolute Gasteiger partial charge is 0.320 e. The van der Waals surface area contributed by atoms with Gasteiger partial charge < -0.3 is 5.11 Å². The number of aliphatic carboxylic acids is 1. The summed E-state index contributed by atoms with van der Waals surface area (Å²) in [4.78, 5) is 12.8. The third-order valence-electron chi connectivity index (χ3n) is 3.03. The molecule has 0 aliphatic carbocycles. The number of halogens is 2. The molecule has 0 unspecified atom stereocenters. The van der Waals surface area contributed by atoms with Gasteiger partial charge in [0.1, 0.15) is 11.9 Å². The Labute approximate surface area is 104 Å². The van der Waals surface area contributed by atoms with Crippen LogP contribution < -0.4 is 0 Å². The fourth-order valence-electron chi connectivity index (χ4n) is 2.18. The molecular weight excluding hydrogens is 245 g/mol. The summed E-state index contributed by atoms with van der Waals surface area (Å²) < 4.78 is 13.5. The highest BCUT2D eigenvalue weighted by Gasteiger charge is 2.30. The zero-order valence-corrected chi connectivity index (χ0v) is 9.95. The van der Waals surface area contributed by atoms with Crippen LogP contribution in [0.2, 0.25) is 5.02 Å². The van der Waals surface area contributed by atoms with E-state index in [0.717, 1.165) is 6.42 Å². The molecule has 1 saturated heterocycles. The third-order valence-corrected chi connectivity index (χ3v) is 3.27. The van der Waals surface area contributed by atoms with Gasteiger partial charge in [0.15, 0.2) is 0 Å². The van der Waals surface area contributed by atoms with Crippen molar-refractivity contribution in [1.29, 1.82) is 0 Å². The number of likely N-dealkylation sites (tertiary alicyclic amines) is 1. The number of carboxylic acid groups (broad SMARTS) is 1. The standard InChI is InChI=1S/C12H13ClFNO2/c13-9-3-4-10(14)8(6-9)7-15-5-1-2-11(15)12(16)17/h3-4,6,11H,1-2,5,7H2,(H,16,17)/t11-/m0/s1. The van der Waals surface area contributed by atoms with Crippen LogP contribution >= 0.6 is 11.6 Å². The first kappa shape index (κ1) is 12.3. The van der Waals surface area contributed by atoms with Crippen LogP contribution in [-0.2, 0) is 11.3 Å². The van der Waals surface area contributed by atoms with E-state index in [1.165, 1.54) is 12.1 Å². The Morgan fingerprint density at radius 1 is 1.59 bits per heavy atom. The summed E-state index contributed by atoms with van der Waals surface area (Å²) in [5.41, 5.74) is 0.450. The summed E-state index contributed by atoms with van der Waals surface area (Å²) >= 11 is 5.80. The quantitative estimate of drug-likeness (QED) is 0.905. The van der Waals surface area contributed by atoms with Crippen molar-refractivity contribution in [2.45, 2.75) is 25.4 Å². The fraction of sp³-hybridized carbons (Fsp3) is 0.417. The molecule has 1 heterocycles. The Morgan fingerprint density at radius 3 is 3.06 bits per heavy atom. The summed E-state index contributed by atoms with van der Waals surface area (Å²) in [5, 5.41) is 9.49. The lowest BCUT2D eigenvalue weighted by Crippen LogP contribution is -2.35. The number of hydrogen-bond acceptors (Lipinski definition) is 2. The molecule has 1 aromatic rings. The lowest BCUT2D eigenvalue weighted by atomic mass is 10.1. The molecular formula is C12H13ClFNO2. The Kier molecular flexibility index (Phi) is 3.64. The van der Waals surface area contributed by atoms with Crippen molar-refractivity contribution >= 4 is 17.6 Å². The summed E-state index contributed by atoms with van der Waals surface area (Å²) in [6, 6.07) is 3.84. The number of benzene rings is 1. The van der Waals surface area contributed by atoms with Gasteiger partial charge in [-0.25, -0.2) is 4.39 Å². The summed E-state index contributed by atoms with van der Waals surface area (Å²) in [7, 11) is 0. The number of carboxylic acids is 1. The zero-order valence-electron chi connectivity index (χ0n) is 9.20. The second-order valence-electron chi connectivity index (χ2n) is 4.20. The molecule has 0 radical (unpaired) electrons. The van der Waals surface area contributed by atoms with E-state index >= 15 is 0 Å². The first-order chi connectivity index (χ1) is 8.08. The van der Waals surface area contributed by atoms with Gasteiger partial charge >= 0.3 is 5.97 Å². The van der Waals surface area contributed by atoms with Crippen LogP contribution in [0.4, 0.5) is 4.39 Å². The number of hydrogen-bond donors (Lipinski definition) is 1. The highest BCUT2D eigenvalue weighted by atomic mass is 35.5. The van der Waals surface area contributed by atoms with Crippen molar-refractivity contribution < 1.29 is 14.3 Å². The van der Waals surface area contributed by atoms with E-state index in [9.17, 15) is 9.18 Å². The minimum Gasteiger partial charge on any atom is -0.480 e. The largest absolute Gasteiger partial charge is 0.480 e. The molecule has 1 aromatic carbocycles. The molecule has 1 fully saturated rings. The average molecular weight is 258 g/mol. The Balaban J connectivity index is 2.15. The van der Waals surface area contributed by atoms with E-state index in [1.807, 2.05) is 0 Å². The number of carbonyl (C=O) groups is 1. The Bertz CT molecular complexity index is 439. The third kappa shape index (κ3) is 2.76. The molecule has 17 heavy (non-hydrogen) atoms. The predicted octanol–water partition coefficient (Wildman–Crippen LogP) is 2.53. The van der Waals surface area contributed by atoms with Crippen LogP contribution in [0, 0.1) is 5.82 Å². The monoisotopic (exact) mass is 257 g/mol. The Morgan fingerprint density at radius 2 is 2.35 bits per heavy atom. The zero-order chi connectivity index (χ0) is 12.4. The maximum Gasteiger partial charge on any atom is 0.320 e. The lowest BCUT2D eigenvalue weighted by molar-refractivity contribution is -0.142. The summed E-state index contributed by atoms with van der Waals surface area (Å²) in [5.74, 6) is -1.18. The van der Waals surface area contributed by atoms with E-state index < -0.39 is 12.0 Å². The molecule has 5 heteroatoms. The molecule has 92 valence electrons. The molecule has 1 aliphatic heterocycles. The topological polar surface area (TPSA) is 40.5 Å². The van der Waals surface area contributed by atoms with E-state index in [1.54, 1.807) is 11.0 Å². The van der Waals surface area contributed by atoms with Crippen molar-refractivity contribution in [3.63, 3.8) is 0 Å². The maximum absolute atomic E-state index is 13.5. The second kappa shape index (κ2) is 5.02. The van der Waals surface area contributed by atoms with Gasteiger partial charge in [0.2, 0.25) is 0 Å². The van der Waals surface area contributed by atoms with Gasteiger partial charge in [0, 0.05) is 17.1 Å². The molecule has 0 amide bonds. The van der Waals surface area contributed by atoms with Gasteiger partial charge in [0.05, 0.1) is 0 Å². The van der Waals surface area contributed by atoms with Gasteiger partial charge in [-0.05, 0) is 37.6 Å². The first-order valence-corrected chi connectivity index (χ1v) is 5.86. The van der Waals surface area contributed by atoms with Crippen molar-refractivity contribution in [3.05, 3.63) is 34.6 Å². The first-order valence-electron chi connectivity index (χ1n) is 5.48. The number of rotatable bonds is 3. The van der Waals surface area contributed by atoms with Gasteiger partial charge in [-0.3, -0.25) is 9.69 Å². The Hall–Kier alpha value is -1.13. The highest BCUT2D eigenvalue weighted by molar-refractivity contribution is 6.30. The molecule has 0 saturated carbocycles. The predicted molar refractivity (Wildman–Crippen MR) is 62.5 cm³/mol. The molecule has 1 atom stereocenters. The van der Waals surface area contributed by atoms with E-state index in [0.29, 0.717) is 30.1 Å². The van der Waals surface area contributed by atoms with Crippen molar-refractivity contribution in [3.8, 4) is 0 Å². The molecule has 2 rings (SSSR count). The molecule has 1 aliphatic rings. The van der Waals surface area contributed by atoms with Gasteiger partial charge in [0.25, 0.3) is 0 Å². The van der Waals surface area contributed by atoms with Crippen molar-refractivity contribution in [2.75, 3.05) is 6.54 Å². The molecule has 0 aromatic heterocycles. The van der Waals surface area contributed by atoms with Gasteiger partial charge in [-0.1, -0.05) is 11.6 Å². The number of nitrogens with zero attached hydrogens (tertiary/aromatic N) is 1. The van der Waals surface area contributed by atoms with Crippen LogP contribution in [0.5, 0.6) is 0 Å². The SMILES string of the molecule is O=C(O)[C@@H]1CCCN1Cc1cc(Cl)ccc1F. The summed E-state index contributed by atoms with van der Waals surface area (Å²) in [6.07, 6.45) is 1.46. The van der Waals surface area contributed by atoms with E-state index in [2.05, 4.69) is 0 Å². The molecule has 0 bridgehead atoms. The second-order valence-corrected chi connectivity index (χ2v) is 4.64. The van der Waals surface area contributed by atoms with Crippen LogP contribution in [0.3, 0.4) is 0 Å². The van der Waals surface area contributed by atoms with Crippen LogP contribution in [0.25, 0.3) is 0 Å². The lowest BCUT2D eigenvalue weighted by Gasteiger charge is -2.21. The maximum atomic E-state index is 13.5. The van der Waals surface area contributed by atoms with Gasteiger partial charge in [-0.15, -0.1) is 0 Å². The molecule has 1 N–H and O–H groups in total. The van der Waals surface area contributed by atoms with Crippen molar-refractivity contribution in [1.82, 2.24) is 4.90 Å². The van der Waals surface area contributed by atoms with Crippen molar-refractivity contribution in [2.24, 2.45) is 0 Å². The van der Waals surface area contributed by atoms with Crippen LogP contribution in [0.1, 0.15) is 18.4 Å². The highest BCUT2D eigenvalue weighted by Crippen LogP contribution is 2.23. The van der Waals surface area contributed by atoms with Crippen LogP contribution in [-0.4, -0.2) is 28.6 Å². The van der Waals surface area contributed by atoms with E-state index in [-0.39, 0.29) is 5.82 Å². The molecule has 3 nitrogen and oxygen atoms in total.